The van der Waals surface area contributed by atoms with Gasteiger partial charge in [-0.25, -0.2) is 4.79 Å². The summed E-state index contributed by atoms with van der Waals surface area (Å²) in [5.41, 5.74) is 1.27. The highest BCUT2D eigenvalue weighted by molar-refractivity contribution is 7.18. The number of hydrogen-bond donors (Lipinski definition) is 1. The first-order chi connectivity index (χ1) is 8.63. The third-order valence-corrected chi connectivity index (χ3v) is 3.43. The number of benzene rings is 1. The lowest BCUT2D eigenvalue weighted by Crippen LogP contribution is -2.06. The van der Waals surface area contributed by atoms with Gasteiger partial charge >= 0.3 is 5.97 Å². The van der Waals surface area contributed by atoms with Crippen LogP contribution in [0.1, 0.15) is 24.2 Å². The average molecular weight is 263 g/mol. The summed E-state index contributed by atoms with van der Waals surface area (Å²) in [6, 6.07) is 5.47. The Hall–Kier alpha value is -1.88. The number of nitrogens with one attached hydrogen (secondary N) is 1. The van der Waals surface area contributed by atoms with Gasteiger partial charge in [-0.05, 0) is 13.0 Å². The topological polar surface area (TPSA) is 55.4 Å². The Morgan fingerprint density at radius 2 is 2.17 bits per heavy atom. The number of carbonyl (C=O) groups excluding carboxylic acids is 2. The molecule has 0 saturated heterocycles. The van der Waals surface area contributed by atoms with Crippen LogP contribution in [0.5, 0.6) is 0 Å². The highest BCUT2D eigenvalue weighted by Gasteiger charge is 2.15. The normalized spacial score (nSPS) is 10.3. The molecule has 0 atom stereocenters. The molecule has 2 rings (SSSR count). The summed E-state index contributed by atoms with van der Waals surface area (Å²) in [4.78, 5) is 22.9. The van der Waals surface area contributed by atoms with E-state index in [1.807, 2.05) is 18.2 Å². The summed E-state index contributed by atoms with van der Waals surface area (Å²) in [7, 11) is 0. The number of amides is 1. The van der Waals surface area contributed by atoms with E-state index >= 15 is 0 Å². The minimum atomic E-state index is -0.330. The first-order valence-corrected chi connectivity index (χ1v) is 6.46. The van der Waals surface area contributed by atoms with E-state index < -0.39 is 0 Å². The molecule has 0 aliphatic heterocycles. The monoisotopic (exact) mass is 263 g/mol. The molecule has 0 aliphatic carbocycles. The van der Waals surface area contributed by atoms with Crippen molar-refractivity contribution in [2.75, 3.05) is 11.9 Å². The molecule has 2 aromatic rings. The number of carbonyl (C=O) groups is 2. The van der Waals surface area contributed by atoms with Gasteiger partial charge in [-0.1, -0.05) is 12.1 Å². The fraction of sp³-hybridized carbons (Fsp3) is 0.231. The van der Waals surface area contributed by atoms with Gasteiger partial charge in [0.05, 0.1) is 22.6 Å². The average Bonchev–Trinajstić information content (AvgIpc) is 2.73. The molecule has 0 radical (unpaired) electrons. The van der Waals surface area contributed by atoms with Crippen molar-refractivity contribution in [3.05, 3.63) is 29.1 Å². The zero-order valence-corrected chi connectivity index (χ0v) is 11.0. The molecule has 0 spiro atoms. The number of thiophene rings is 1. The summed E-state index contributed by atoms with van der Waals surface area (Å²) in [6.07, 6.45) is 0. The zero-order chi connectivity index (χ0) is 13.1. The van der Waals surface area contributed by atoms with Crippen LogP contribution in [0.4, 0.5) is 5.69 Å². The maximum Gasteiger partial charge on any atom is 0.339 e. The molecule has 1 amide bonds. The zero-order valence-electron chi connectivity index (χ0n) is 10.1. The Labute approximate surface area is 109 Å². The molecule has 1 aromatic heterocycles. The lowest BCUT2D eigenvalue weighted by Gasteiger charge is -2.04. The molecule has 5 heteroatoms. The molecule has 94 valence electrons. The maximum atomic E-state index is 11.8. The van der Waals surface area contributed by atoms with E-state index in [9.17, 15) is 9.59 Å². The third kappa shape index (κ3) is 2.36. The van der Waals surface area contributed by atoms with Gasteiger partial charge in [-0.3, -0.25) is 4.79 Å². The number of hydrogen-bond acceptors (Lipinski definition) is 4. The first-order valence-electron chi connectivity index (χ1n) is 5.58. The number of esters is 1. The Balaban J connectivity index is 2.48. The van der Waals surface area contributed by atoms with Crippen LogP contribution in [0, 0.1) is 0 Å². The third-order valence-electron chi connectivity index (χ3n) is 2.41. The molecule has 1 heterocycles. The largest absolute Gasteiger partial charge is 0.462 e. The SMILES string of the molecule is CCOC(=O)c1csc2c(NC(C)=O)cccc12. The van der Waals surface area contributed by atoms with Crippen LogP contribution in [0.25, 0.3) is 10.1 Å². The molecule has 1 N–H and O–H groups in total. The minimum Gasteiger partial charge on any atom is -0.462 e. The second-order valence-electron chi connectivity index (χ2n) is 3.73. The van der Waals surface area contributed by atoms with Gasteiger partial charge in [0.2, 0.25) is 5.91 Å². The van der Waals surface area contributed by atoms with Gasteiger partial charge in [-0.15, -0.1) is 11.3 Å². The predicted octanol–water partition coefficient (Wildman–Crippen LogP) is 3.04. The van der Waals surface area contributed by atoms with Crippen molar-refractivity contribution in [1.82, 2.24) is 0 Å². The van der Waals surface area contributed by atoms with Crippen LogP contribution in [0.3, 0.4) is 0 Å². The number of ether oxygens (including phenoxy) is 1. The highest BCUT2D eigenvalue weighted by Crippen LogP contribution is 2.32. The molecule has 0 unspecified atom stereocenters. The van der Waals surface area contributed by atoms with Crippen molar-refractivity contribution in [2.24, 2.45) is 0 Å². The van der Waals surface area contributed by atoms with E-state index in [-0.39, 0.29) is 11.9 Å². The number of anilines is 1. The standard InChI is InChI=1S/C13H13NO3S/c1-3-17-13(16)10-7-18-12-9(10)5-4-6-11(12)14-8(2)15/h4-7H,3H2,1-2H3,(H,14,15). The van der Waals surface area contributed by atoms with Crippen LogP contribution >= 0.6 is 11.3 Å². The summed E-state index contributed by atoms with van der Waals surface area (Å²) in [6.45, 7) is 3.58. The van der Waals surface area contributed by atoms with Crippen LogP contribution in [0.15, 0.2) is 23.6 Å². The van der Waals surface area contributed by atoms with E-state index in [1.54, 1.807) is 12.3 Å². The van der Waals surface area contributed by atoms with Gasteiger partial charge in [-0.2, -0.15) is 0 Å². The Bertz CT molecular complexity index is 603. The van der Waals surface area contributed by atoms with Crippen LogP contribution in [0.2, 0.25) is 0 Å². The van der Waals surface area contributed by atoms with Gasteiger partial charge in [0.15, 0.2) is 0 Å². The van der Waals surface area contributed by atoms with Crippen LogP contribution in [-0.2, 0) is 9.53 Å². The second kappa shape index (κ2) is 5.18. The molecule has 0 fully saturated rings. The highest BCUT2D eigenvalue weighted by atomic mass is 32.1. The smallest absolute Gasteiger partial charge is 0.339 e. The van der Waals surface area contributed by atoms with Crippen molar-refractivity contribution >= 4 is 39.0 Å². The fourth-order valence-electron chi connectivity index (χ4n) is 1.71. The van der Waals surface area contributed by atoms with Gasteiger partial charge < -0.3 is 10.1 Å². The molecule has 4 nitrogen and oxygen atoms in total. The van der Waals surface area contributed by atoms with E-state index in [0.717, 1.165) is 15.8 Å². The van der Waals surface area contributed by atoms with Crippen molar-refractivity contribution in [3.8, 4) is 0 Å². The van der Waals surface area contributed by atoms with E-state index in [2.05, 4.69) is 5.32 Å². The van der Waals surface area contributed by atoms with Crippen LogP contribution in [-0.4, -0.2) is 18.5 Å². The lowest BCUT2D eigenvalue weighted by atomic mass is 10.1. The summed E-state index contributed by atoms with van der Waals surface area (Å²) >= 11 is 1.42. The number of rotatable bonds is 3. The summed E-state index contributed by atoms with van der Waals surface area (Å²) in [5, 5.41) is 5.32. The second-order valence-corrected chi connectivity index (χ2v) is 4.61. The molecule has 0 aliphatic rings. The Morgan fingerprint density at radius 1 is 1.39 bits per heavy atom. The molecular formula is C13H13NO3S. The van der Waals surface area contributed by atoms with Crippen molar-refractivity contribution in [1.29, 1.82) is 0 Å². The molecular weight excluding hydrogens is 250 g/mol. The summed E-state index contributed by atoms with van der Waals surface area (Å²) < 4.78 is 5.88. The first kappa shape index (κ1) is 12.6. The van der Waals surface area contributed by atoms with E-state index in [0.29, 0.717) is 12.2 Å². The summed E-state index contributed by atoms with van der Waals surface area (Å²) in [5.74, 6) is -0.461. The van der Waals surface area contributed by atoms with E-state index in [4.69, 9.17) is 4.74 Å². The van der Waals surface area contributed by atoms with E-state index in [1.165, 1.54) is 18.3 Å². The van der Waals surface area contributed by atoms with Crippen LogP contribution < -0.4 is 5.32 Å². The predicted molar refractivity (Wildman–Crippen MR) is 72.1 cm³/mol. The van der Waals surface area contributed by atoms with Crippen molar-refractivity contribution < 1.29 is 14.3 Å². The molecule has 1 aromatic carbocycles. The maximum absolute atomic E-state index is 11.8. The molecule has 18 heavy (non-hydrogen) atoms. The minimum absolute atomic E-state index is 0.131. The molecule has 0 saturated carbocycles. The fourth-order valence-corrected chi connectivity index (χ4v) is 2.72. The van der Waals surface area contributed by atoms with Crippen molar-refractivity contribution in [3.63, 3.8) is 0 Å². The Kier molecular flexibility index (Phi) is 3.62. The quantitative estimate of drug-likeness (QED) is 0.866. The van der Waals surface area contributed by atoms with Gasteiger partial charge in [0.1, 0.15) is 0 Å². The van der Waals surface area contributed by atoms with Gasteiger partial charge in [0.25, 0.3) is 0 Å². The molecule has 0 bridgehead atoms. The number of fused-ring (bicyclic) bond motifs is 1. The van der Waals surface area contributed by atoms with Crippen molar-refractivity contribution in [2.45, 2.75) is 13.8 Å². The van der Waals surface area contributed by atoms with Gasteiger partial charge in [0, 0.05) is 17.7 Å². The Morgan fingerprint density at radius 3 is 2.83 bits per heavy atom. The lowest BCUT2D eigenvalue weighted by molar-refractivity contribution is -0.114.